The van der Waals surface area contributed by atoms with E-state index >= 15 is 0 Å². The predicted octanol–water partition coefficient (Wildman–Crippen LogP) is 2.20. The van der Waals surface area contributed by atoms with Crippen LogP contribution in [-0.4, -0.2) is 23.4 Å². The average molecular weight is 340 g/mol. The summed E-state index contributed by atoms with van der Waals surface area (Å²) < 4.78 is 17.0. The second kappa shape index (κ2) is 5.80. The third-order valence-electron chi connectivity index (χ3n) is 2.84. The summed E-state index contributed by atoms with van der Waals surface area (Å²) in [5, 5.41) is 7.10. The van der Waals surface area contributed by atoms with E-state index in [0.29, 0.717) is 38.0 Å². The van der Waals surface area contributed by atoms with Crippen LogP contribution in [0.25, 0.3) is 0 Å². The molecular formula is C13H14BrN3O3. The van der Waals surface area contributed by atoms with Crippen molar-refractivity contribution in [2.45, 2.75) is 20.0 Å². The van der Waals surface area contributed by atoms with Gasteiger partial charge in [0.05, 0.1) is 11.0 Å². The summed E-state index contributed by atoms with van der Waals surface area (Å²) >= 11 is 3.50. The Labute approximate surface area is 124 Å². The van der Waals surface area contributed by atoms with Crippen molar-refractivity contribution in [3.63, 3.8) is 0 Å². The molecule has 0 amide bonds. The first-order valence-corrected chi connectivity index (χ1v) is 7.09. The van der Waals surface area contributed by atoms with Crippen LogP contribution in [0.1, 0.15) is 17.3 Å². The molecule has 3 rings (SSSR count). The number of hydrogen-bond donors (Lipinski definition) is 1. The molecule has 0 saturated carbocycles. The van der Waals surface area contributed by atoms with E-state index in [1.54, 1.807) is 6.92 Å². The lowest BCUT2D eigenvalue weighted by Gasteiger charge is -2.20. The standard InChI is InChI=1S/C13H14BrN3O3/c1-8-16-12(17-20-8)7-15-6-9-4-10(14)13-11(5-9)18-2-3-19-13/h4-5,15H,2-3,6-7H2,1H3. The molecule has 1 aliphatic rings. The number of ether oxygens (including phenoxy) is 2. The molecule has 1 N–H and O–H groups in total. The lowest BCUT2D eigenvalue weighted by atomic mass is 10.2. The molecule has 0 atom stereocenters. The van der Waals surface area contributed by atoms with E-state index < -0.39 is 0 Å². The van der Waals surface area contributed by atoms with Gasteiger partial charge in [-0.05, 0) is 33.6 Å². The second-order valence-corrected chi connectivity index (χ2v) is 5.29. The number of nitrogens with zero attached hydrogens (tertiary/aromatic N) is 2. The zero-order valence-electron chi connectivity index (χ0n) is 11.0. The molecule has 7 heteroatoms. The van der Waals surface area contributed by atoms with E-state index in [4.69, 9.17) is 14.0 Å². The zero-order chi connectivity index (χ0) is 13.9. The number of rotatable bonds is 4. The summed E-state index contributed by atoms with van der Waals surface area (Å²) in [7, 11) is 0. The molecule has 20 heavy (non-hydrogen) atoms. The van der Waals surface area contributed by atoms with Crippen LogP contribution in [-0.2, 0) is 13.1 Å². The van der Waals surface area contributed by atoms with E-state index in [2.05, 4.69) is 31.4 Å². The Morgan fingerprint density at radius 3 is 2.90 bits per heavy atom. The fourth-order valence-corrected chi connectivity index (χ4v) is 2.60. The highest BCUT2D eigenvalue weighted by molar-refractivity contribution is 9.10. The molecule has 0 radical (unpaired) electrons. The van der Waals surface area contributed by atoms with Crippen molar-refractivity contribution in [1.82, 2.24) is 15.5 Å². The number of halogens is 1. The second-order valence-electron chi connectivity index (χ2n) is 4.44. The summed E-state index contributed by atoms with van der Waals surface area (Å²) in [6.45, 7) is 4.18. The molecule has 106 valence electrons. The van der Waals surface area contributed by atoms with E-state index in [-0.39, 0.29) is 0 Å². The number of hydrogen-bond acceptors (Lipinski definition) is 6. The number of aryl methyl sites for hydroxylation is 1. The molecule has 6 nitrogen and oxygen atoms in total. The van der Waals surface area contributed by atoms with Crippen LogP contribution in [0.15, 0.2) is 21.1 Å². The summed E-state index contributed by atoms with van der Waals surface area (Å²) in [5.74, 6) is 2.77. The van der Waals surface area contributed by atoms with E-state index in [1.807, 2.05) is 12.1 Å². The molecule has 0 unspecified atom stereocenters. The van der Waals surface area contributed by atoms with Gasteiger partial charge in [-0.1, -0.05) is 5.16 Å². The molecule has 0 saturated heterocycles. The van der Waals surface area contributed by atoms with Crippen LogP contribution < -0.4 is 14.8 Å². The third kappa shape index (κ3) is 2.94. The van der Waals surface area contributed by atoms with E-state index in [1.165, 1.54) is 0 Å². The summed E-state index contributed by atoms with van der Waals surface area (Å²) in [4.78, 5) is 4.14. The minimum absolute atomic E-state index is 0.559. The van der Waals surface area contributed by atoms with Crippen molar-refractivity contribution in [1.29, 1.82) is 0 Å². The van der Waals surface area contributed by atoms with Gasteiger partial charge in [0.2, 0.25) is 5.89 Å². The molecule has 1 aromatic carbocycles. The fraction of sp³-hybridized carbons (Fsp3) is 0.385. The first kappa shape index (κ1) is 13.4. The van der Waals surface area contributed by atoms with Crippen molar-refractivity contribution in [2.75, 3.05) is 13.2 Å². The molecule has 0 spiro atoms. The third-order valence-corrected chi connectivity index (χ3v) is 3.43. The van der Waals surface area contributed by atoms with Crippen molar-refractivity contribution >= 4 is 15.9 Å². The minimum atomic E-state index is 0.559. The molecule has 2 heterocycles. The monoisotopic (exact) mass is 339 g/mol. The average Bonchev–Trinajstić information content (AvgIpc) is 2.85. The lowest BCUT2D eigenvalue weighted by molar-refractivity contribution is 0.170. The van der Waals surface area contributed by atoms with Crippen molar-refractivity contribution in [3.05, 3.63) is 33.9 Å². The number of fused-ring (bicyclic) bond motifs is 1. The van der Waals surface area contributed by atoms with Crippen molar-refractivity contribution in [3.8, 4) is 11.5 Å². The highest BCUT2D eigenvalue weighted by atomic mass is 79.9. The zero-order valence-corrected chi connectivity index (χ0v) is 12.6. The quantitative estimate of drug-likeness (QED) is 0.920. The fourth-order valence-electron chi connectivity index (χ4n) is 2.00. The maximum atomic E-state index is 5.59. The Hall–Kier alpha value is -1.60. The smallest absolute Gasteiger partial charge is 0.223 e. The molecule has 1 aromatic heterocycles. The van der Waals surface area contributed by atoms with Gasteiger partial charge in [0.15, 0.2) is 17.3 Å². The predicted molar refractivity (Wildman–Crippen MR) is 74.7 cm³/mol. The van der Waals surface area contributed by atoms with Crippen LogP contribution >= 0.6 is 15.9 Å². The summed E-state index contributed by atoms with van der Waals surface area (Å²) in [6, 6.07) is 4.00. The van der Waals surface area contributed by atoms with Crippen molar-refractivity contribution in [2.24, 2.45) is 0 Å². The molecule has 0 bridgehead atoms. The molecule has 1 aliphatic heterocycles. The van der Waals surface area contributed by atoms with E-state index in [9.17, 15) is 0 Å². The van der Waals surface area contributed by atoms with Gasteiger partial charge >= 0.3 is 0 Å². The SMILES string of the molecule is Cc1nc(CNCc2cc(Br)c3c(c2)OCCO3)no1. The maximum Gasteiger partial charge on any atom is 0.223 e. The highest BCUT2D eigenvalue weighted by Crippen LogP contribution is 2.38. The highest BCUT2D eigenvalue weighted by Gasteiger charge is 2.16. The first-order chi connectivity index (χ1) is 9.72. The maximum absolute atomic E-state index is 5.59. The Morgan fingerprint density at radius 2 is 2.10 bits per heavy atom. The van der Waals surface area contributed by atoms with E-state index in [0.717, 1.165) is 21.5 Å². The molecule has 0 aliphatic carbocycles. The first-order valence-electron chi connectivity index (χ1n) is 6.30. The largest absolute Gasteiger partial charge is 0.486 e. The Kier molecular flexibility index (Phi) is 3.88. The Morgan fingerprint density at radius 1 is 1.25 bits per heavy atom. The molecule has 0 fully saturated rings. The van der Waals surface area contributed by atoms with Crippen LogP contribution in [0.5, 0.6) is 11.5 Å². The topological polar surface area (TPSA) is 69.4 Å². The van der Waals surface area contributed by atoms with Gasteiger partial charge in [-0.3, -0.25) is 0 Å². The minimum Gasteiger partial charge on any atom is -0.486 e. The van der Waals surface area contributed by atoms with Gasteiger partial charge in [0.1, 0.15) is 13.2 Å². The molecule has 2 aromatic rings. The van der Waals surface area contributed by atoms with Gasteiger partial charge in [0, 0.05) is 13.5 Å². The Bertz CT molecular complexity index is 615. The number of benzene rings is 1. The van der Waals surface area contributed by atoms with Gasteiger partial charge in [0.25, 0.3) is 0 Å². The Balaban J connectivity index is 1.64. The van der Waals surface area contributed by atoms with Gasteiger partial charge < -0.3 is 19.3 Å². The van der Waals surface area contributed by atoms with Crippen molar-refractivity contribution < 1.29 is 14.0 Å². The van der Waals surface area contributed by atoms with Gasteiger partial charge in [-0.15, -0.1) is 0 Å². The van der Waals surface area contributed by atoms with Crippen LogP contribution in [0.2, 0.25) is 0 Å². The van der Waals surface area contributed by atoms with Crippen LogP contribution in [0.4, 0.5) is 0 Å². The summed E-state index contributed by atoms with van der Waals surface area (Å²) in [6.07, 6.45) is 0. The number of nitrogens with one attached hydrogen (secondary N) is 1. The van der Waals surface area contributed by atoms with Gasteiger partial charge in [-0.25, -0.2) is 0 Å². The van der Waals surface area contributed by atoms with Crippen LogP contribution in [0.3, 0.4) is 0 Å². The normalized spacial score (nSPS) is 13.5. The van der Waals surface area contributed by atoms with Gasteiger partial charge in [-0.2, -0.15) is 4.98 Å². The van der Waals surface area contributed by atoms with Crippen LogP contribution in [0, 0.1) is 6.92 Å². The number of aromatic nitrogens is 2. The lowest BCUT2D eigenvalue weighted by Crippen LogP contribution is -2.17. The molecular weight excluding hydrogens is 326 g/mol. The summed E-state index contributed by atoms with van der Waals surface area (Å²) in [5.41, 5.74) is 1.10.